The molecule has 0 bridgehead atoms. The molecular formula is C7H12N2O3. The van der Waals surface area contributed by atoms with Gasteiger partial charge in [-0.25, -0.2) is 0 Å². The molecule has 5 heteroatoms. The van der Waals surface area contributed by atoms with E-state index in [1.165, 1.54) is 14.2 Å². The first-order valence-electron chi connectivity index (χ1n) is 3.72. The molecule has 12 heavy (non-hydrogen) atoms. The van der Waals surface area contributed by atoms with Gasteiger partial charge in [0, 0.05) is 20.7 Å². The number of ether oxygens (including phenoxy) is 1. The van der Waals surface area contributed by atoms with E-state index in [1.807, 2.05) is 0 Å². The van der Waals surface area contributed by atoms with Crippen molar-refractivity contribution in [2.45, 2.75) is 6.10 Å². The molecule has 1 heterocycles. The van der Waals surface area contributed by atoms with E-state index in [-0.39, 0.29) is 17.9 Å². The second-order valence-electron chi connectivity index (χ2n) is 2.61. The van der Waals surface area contributed by atoms with E-state index in [9.17, 15) is 9.59 Å². The number of nitrogens with one attached hydrogen (secondary N) is 2. The predicted octanol–water partition coefficient (Wildman–Crippen LogP) is -1.51. The highest BCUT2D eigenvalue weighted by Crippen LogP contribution is 2.13. The van der Waals surface area contributed by atoms with Crippen LogP contribution in [0.25, 0.3) is 0 Å². The molecule has 68 valence electrons. The maximum Gasteiger partial charge on any atom is 0.235 e. The van der Waals surface area contributed by atoms with Gasteiger partial charge in [0.1, 0.15) is 5.92 Å². The molecular weight excluding hydrogens is 160 g/mol. The summed E-state index contributed by atoms with van der Waals surface area (Å²) in [7, 11) is 2.99. The summed E-state index contributed by atoms with van der Waals surface area (Å²) >= 11 is 0. The fourth-order valence-corrected chi connectivity index (χ4v) is 1.26. The molecule has 5 nitrogen and oxygen atoms in total. The molecule has 0 saturated carbocycles. The lowest BCUT2D eigenvalue weighted by Crippen LogP contribution is -2.38. The Labute approximate surface area is 70.5 Å². The van der Waals surface area contributed by atoms with Gasteiger partial charge in [0.15, 0.2) is 0 Å². The maximum atomic E-state index is 11.1. The molecule has 1 aliphatic heterocycles. The molecule has 0 radical (unpaired) electrons. The van der Waals surface area contributed by atoms with Crippen molar-refractivity contribution in [3.8, 4) is 0 Å². The molecule has 0 spiro atoms. The van der Waals surface area contributed by atoms with E-state index in [1.54, 1.807) is 0 Å². The molecule has 2 N–H and O–H groups in total. The first kappa shape index (κ1) is 8.99. The molecule has 1 rings (SSSR count). The van der Waals surface area contributed by atoms with Crippen molar-refractivity contribution in [2.75, 3.05) is 20.7 Å². The molecule has 0 aromatic carbocycles. The summed E-state index contributed by atoms with van der Waals surface area (Å²) in [6.45, 7) is 0.410. The largest absolute Gasteiger partial charge is 0.378 e. The van der Waals surface area contributed by atoms with Crippen LogP contribution in [0.2, 0.25) is 0 Å². The summed E-state index contributed by atoms with van der Waals surface area (Å²) in [5, 5.41) is 4.98. The molecule has 0 aromatic heterocycles. The van der Waals surface area contributed by atoms with E-state index in [0.717, 1.165) is 0 Å². The zero-order chi connectivity index (χ0) is 9.14. The van der Waals surface area contributed by atoms with Crippen LogP contribution in [0.1, 0.15) is 0 Å². The maximum absolute atomic E-state index is 11.1. The zero-order valence-corrected chi connectivity index (χ0v) is 7.09. The van der Waals surface area contributed by atoms with Gasteiger partial charge in [-0.1, -0.05) is 0 Å². The topological polar surface area (TPSA) is 67.4 Å². The van der Waals surface area contributed by atoms with Crippen LogP contribution >= 0.6 is 0 Å². The molecule has 1 fully saturated rings. The van der Waals surface area contributed by atoms with Crippen LogP contribution in [0.5, 0.6) is 0 Å². The quantitative estimate of drug-likeness (QED) is 0.498. The van der Waals surface area contributed by atoms with Gasteiger partial charge in [-0.05, 0) is 0 Å². The van der Waals surface area contributed by atoms with E-state index in [0.29, 0.717) is 6.54 Å². The van der Waals surface area contributed by atoms with E-state index < -0.39 is 5.92 Å². The monoisotopic (exact) mass is 172 g/mol. The van der Waals surface area contributed by atoms with Gasteiger partial charge in [0.05, 0.1) is 6.10 Å². The van der Waals surface area contributed by atoms with Gasteiger partial charge in [-0.2, -0.15) is 0 Å². The Kier molecular flexibility index (Phi) is 2.65. The molecule has 1 aliphatic rings. The third-order valence-corrected chi connectivity index (χ3v) is 1.96. The Morgan fingerprint density at radius 1 is 1.75 bits per heavy atom. The van der Waals surface area contributed by atoms with Crippen LogP contribution in [-0.4, -0.2) is 38.6 Å². The van der Waals surface area contributed by atoms with Crippen molar-refractivity contribution >= 4 is 11.8 Å². The van der Waals surface area contributed by atoms with Crippen LogP contribution in [0.3, 0.4) is 0 Å². The fourth-order valence-electron chi connectivity index (χ4n) is 1.26. The third-order valence-electron chi connectivity index (χ3n) is 1.96. The highest BCUT2D eigenvalue weighted by atomic mass is 16.5. The number of rotatable bonds is 2. The third kappa shape index (κ3) is 1.40. The van der Waals surface area contributed by atoms with Crippen molar-refractivity contribution in [1.82, 2.24) is 10.6 Å². The van der Waals surface area contributed by atoms with Gasteiger partial charge < -0.3 is 15.4 Å². The molecule has 0 aliphatic carbocycles. The second kappa shape index (κ2) is 3.53. The number of carbonyl (C=O) groups excluding carboxylic acids is 2. The smallest absolute Gasteiger partial charge is 0.235 e. The van der Waals surface area contributed by atoms with E-state index in [4.69, 9.17) is 4.74 Å². The van der Waals surface area contributed by atoms with E-state index >= 15 is 0 Å². The van der Waals surface area contributed by atoms with Gasteiger partial charge in [0.25, 0.3) is 0 Å². The number of carbonyl (C=O) groups is 2. The highest BCUT2D eigenvalue weighted by Gasteiger charge is 2.39. The Hall–Kier alpha value is -1.10. The molecule has 0 unspecified atom stereocenters. The number of hydrogen-bond donors (Lipinski definition) is 2. The lowest BCUT2D eigenvalue weighted by atomic mass is 10.1. The summed E-state index contributed by atoms with van der Waals surface area (Å²) < 4.78 is 4.97. The van der Waals surface area contributed by atoms with Crippen LogP contribution in [-0.2, 0) is 14.3 Å². The minimum Gasteiger partial charge on any atom is -0.378 e. The SMILES string of the molecule is CNC(=O)[C@H]1C(=O)NC[C@@H]1OC. The van der Waals surface area contributed by atoms with Crippen molar-refractivity contribution in [3.63, 3.8) is 0 Å². The van der Waals surface area contributed by atoms with Crippen molar-refractivity contribution < 1.29 is 14.3 Å². The van der Waals surface area contributed by atoms with Gasteiger partial charge >= 0.3 is 0 Å². The minimum absolute atomic E-state index is 0.263. The number of methoxy groups -OCH3 is 1. The van der Waals surface area contributed by atoms with Crippen LogP contribution in [0.4, 0.5) is 0 Å². The van der Waals surface area contributed by atoms with Gasteiger partial charge in [0.2, 0.25) is 11.8 Å². The Balaban J connectivity index is 2.70. The summed E-state index contributed by atoms with van der Waals surface area (Å²) in [6, 6.07) is 0. The van der Waals surface area contributed by atoms with Gasteiger partial charge in [-0.3, -0.25) is 9.59 Å². The van der Waals surface area contributed by atoms with Gasteiger partial charge in [-0.15, -0.1) is 0 Å². The second-order valence-corrected chi connectivity index (χ2v) is 2.61. The highest BCUT2D eigenvalue weighted by molar-refractivity contribution is 6.02. The molecule has 2 atom stereocenters. The number of hydrogen-bond acceptors (Lipinski definition) is 3. The predicted molar refractivity (Wildman–Crippen MR) is 41.4 cm³/mol. The van der Waals surface area contributed by atoms with Crippen molar-refractivity contribution in [1.29, 1.82) is 0 Å². The first-order chi connectivity index (χ1) is 5.70. The Morgan fingerprint density at radius 3 is 2.92 bits per heavy atom. The van der Waals surface area contributed by atoms with Crippen LogP contribution < -0.4 is 10.6 Å². The number of amides is 2. The lowest BCUT2D eigenvalue weighted by Gasteiger charge is -2.12. The van der Waals surface area contributed by atoms with Crippen LogP contribution in [0.15, 0.2) is 0 Å². The average Bonchev–Trinajstić information content (AvgIpc) is 2.45. The summed E-state index contributed by atoms with van der Waals surface area (Å²) in [6.07, 6.45) is -0.336. The Morgan fingerprint density at radius 2 is 2.42 bits per heavy atom. The molecule has 1 saturated heterocycles. The minimum atomic E-state index is -0.694. The average molecular weight is 172 g/mol. The normalized spacial score (nSPS) is 28.3. The summed E-state index contributed by atoms with van der Waals surface area (Å²) in [4.78, 5) is 22.2. The molecule has 0 aromatic rings. The van der Waals surface area contributed by atoms with E-state index in [2.05, 4.69) is 10.6 Å². The lowest BCUT2D eigenvalue weighted by molar-refractivity contribution is -0.135. The van der Waals surface area contributed by atoms with Crippen LogP contribution in [0, 0.1) is 5.92 Å². The summed E-state index contributed by atoms with van der Waals surface area (Å²) in [5.74, 6) is -1.25. The standard InChI is InChI=1S/C7H12N2O3/c1-8-6(10)5-4(12-2)3-9-7(5)11/h4-5H,3H2,1-2H3,(H,8,10)(H,9,11)/t4-,5-/m0/s1. The summed E-state index contributed by atoms with van der Waals surface area (Å²) in [5.41, 5.74) is 0. The Bertz CT molecular complexity index is 205. The van der Waals surface area contributed by atoms with Crippen molar-refractivity contribution in [2.24, 2.45) is 5.92 Å². The first-order valence-corrected chi connectivity index (χ1v) is 3.72. The zero-order valence-electron chi connectivity index (χ0n) is 7.09. The van der Waals surface area contributed by atoms with Crippen molar-refractivity contribution in [3.05, 3.63) is 0 Å². The molecule has 2 amide bonds. The fraction of sp³-hybridized carbons (Fsp3) is 0.714.